The van der Waals surface area contributed by atoms with Gasteiger partial charge in [-0.1, -0.05) is 35.4 Å². The van der Waals surface area contributed by atoms with E-state index in [9.17, 15) is 13.2 Å². The van der Waals surface area contributed by atoms with Gasteiger partial charge in [0.2, 0.25) is 15.9 Å². The molecule has 2 aromatic rings. The van der Waals surface area contributed by atoms with E-state index in [4.69, 9.17) is 11.6 Å². The number of anilines is 1. The molecule has 0 saturated carbocycles. The highest BCUT2D eigenvalue weighted by Gasteiger charge is 2.14. The standard InChI is InChI=1S/C17H19ClN2O3S/c1-12-6-7-16(13(2)10-12)20-17(21)8-9-19-24(22,23)15-5-3-4-14(18)11-15/h3-7,10-11,19H,8-9H2,1-2H3,(H,20,21). The summed E-state index contributed by atoms with van der Waals surface area (Å²) in [6.07, 6.45) is 0.0348. The van der Waals surface area contributed by atoms with E-state index in [0.717, 1.165) is 16.8 Å². The van der Waals surface area contributed by atoms with Gasteiger partial charge in [-0.25, -0.2) is 13.1 Å². The van der Waals surface area contributed by atoms with Crippen LogP contribution in [0.4, 0.5) is 5.69 Å². The van der Waals surface area contributed by atoms with Gasteiger partial charge in [-0.3, -0.25) is 4.79 Å². The van der Waals surface area contributed by atoms with Crippen molar-refractivity contribution in [1.82, 2.24) is 4.72 Å². The van der Waals surface area contributed by atoms with Crippen LogP contribution < -0.4 is 10.0 Å². The molecule has 24 heavy (non-hydrogen) atoms. The third kappa shape index (κ3) is 5.06. The van der Waals surface area contributed by atoms with Gasteiger partial charge in [-0.2, -0.15) is 0 Å². The fraction of sp³-hybridized carbons (Fsp3) is 0.235. The van der Waals surface area contributed by atoms with Crippen LogP contribution in [0.1, 0.15) is 17.5 Å². The highest BCUT2D eigenvalue weighted by atomic mass is 35.5. The minimum absolute atomic E-state index is 0.00554. The zero-order valence-electron chi connectivity index (χ0n) is 13.5. The molecular formula is C17H19ClN2O3S. The number of aryl methyl sites for hydroxylation is 2. The number of hydrogen-bond donors (Lipinski definition) is 2. The maximum absolute atomic E-state index is 12.1. The average molecular weight is 367 g/mol. The quantitative estimate of drug-likeness (QED) is 0.823. The molecule has 2 N–H and O–H groups in total. The van der Waals surface area contributed by atoms with Crippen LogP contribution in [0.25, 0.3) is 0 Å². The van der Waals surface area contributed by atoms with Gasteiger partial charge in [0.25, 0.3) is 0 Å². The Morgan fingerprint density at radius 2 is 1.88 bits per heavy atom. The van der Waals surface area contributed by atoms with Crippen molar-refractivity contribution in [2.24, 2.45) is 0 Å². The molecule has 0 aromatic heterocycles. The Balaban J connectivity index is 1.90. The number of rotatable bonds is 6. The summed E-state index contributed by atoms with van der Waals surface area (Å²) in [5, 5.41) is 3.12. The van der Waals surface area contributed by atoms with Crippen molar-refractivity contribution in [3.8, 4) is 0 Å². The third-order valence-corrected chi connectivity index (χ3v) is 5.10. The second-order valence-corrected chi connectivity index (χ2v) is 7.68. The summed E-state index contributed by atoms with van der Waals surface area (Å²) in [6.45, 7) is 3.89. The predicted molar refractivity (Wildman–Crippen MR) is 95.8 cm³/mol. The topological polar surface area (TPSA) is 75.3 Å². The predicted octanol–water partition coefficient (Wildman–Crippen LogP) is 3.26. The second-order valence-electron chi connectivity index (χ2n) is 5.47. The lowest BCUT2D eigenvalue weighted by molar-refractivity contribution is -0.116. The monoisotopic (exact) mass is 366 g/mol. The first kappa shape index (κ1) is 18.4. The zero-order valence-corrected chi connectivity index (χ0v) is 15.0. The number of carbonyl (C=O) groups is 1. The lowest BCUT2D eigenvalue weighted by Crippen LogP contribution is -2.28. The van der Waals surface area contributed by atoms with Crippen molar-refractivity contribution < 1.29 is 13.2 Å². The second kappa shape index (κ2) is 7.79. The Morgan fingerprint density at radius 1 is 1.12 bits per heavy atom. The summed E-state index contributed by atoms with van der Waals surface area (Å²) in [6, 6.07) is 11.7. The van der Waals surface area contributed by atoms with Gasteiger partial charge in [0.05, 0.1) is 4.90 Å². The molecule has 0 aliphatic heterocycles. The van der Waals surface area contributed by atoms with Gasteiger partial charge in [0.15, 0.2) is 0 Å². The molecule has 0 bridgehead atoms. The maximum atomic E-state index is 12.1. The highest BCUT2D eigenvalue weighted by molar-refractivity contribution is 7.89. The highest BCUT2D eigenvalue weighted by Crippen LogP contribution is 2.17. The van der Waals surface area contributed by atoms with Crippen molar-refractivity contribution in [3.63, 3.8) is 0 Å². The number of carbonyl (C=O) groups excluding carboxylic acids is 1. The molecule has 5 nitrogen and oxygen atoms in total. The summed E-state index contributed by atoms with van der Waals surface area (Å²) in [4.78, 5) is 12.0. The van der Waals surface area contributed by atoms with E-state index in [0.29, 0.717) is 5.02 Å². The molecule has 0 spiro atoms. The lowest BCUT2D eigenvalue weighted by Gasteiger charge is -2.10. The zero-order chi connectivity index (χ0) is 17.7. The van der Waals surface area contributed by atoms with Crippen LogP contribution in [0.5, 0.6) is 0 Å². The molecule has 0 saturated heterocycles. The molecule has 2 rings (SSSR count). The van der Waals surface area contributed by atoms with Crippen LogP contribution in [0, 0.1) is 13.8 Å². The van der Waals surface area contributed by atoms with Crippen LogP contribution in [0.3, 0.4) is 0 Å². The van der Waals surface area contributed by atoms with E-state index in [1.807, 2.05) is 32.0 Å². The fourth-order valence-electron chi connectivity index (χ4n) is 2.18. The van der Waals surface area contributed by atoms with Crippen molar-refractivity contribution in [2.75, 3.05) is 11.9 Å². The van der Waals surface area contributed by atoms with E-state index in [2.05, 4.69) is 10.0 Å². The molecular weight excluding hydrogens is 348 g/mol. The number of hydrogen-bond acceptors (Lipinski definition) is 3. The number of amides is 1. The van der Waals surface area contributed by atoms with Crippen molar-refractivity contribution in [2.45, 2.75) is 25.2 Å². The smallest absolute Gasteiger partial charge is 0.240 e. The van der Waals surface area contributed by atoms with Gasteiger partial charge in [-0.05, 0) is 43.7 Å². The van der Waals surface area contributed by atoms with Crippen molar-refractivity contribution in [1.29, 1.82) is 0 Å². The molecule has 7 heteroatoms. The Hall–Kier alpha value is -1.89. The van der Waals surface area contributed by atoms with E-state index in [-0.39, 0.29) is 23.8 Å². The van der Waals surface area contributed by atoms with Gasteiger partial charge >= 0.3 is 0 Å². The van der Waals surface area contributed by atoms with Gasteiger partial charge < -0.3 is 5.32 Å². The van der Waals surface area contributed by atoms with Crippen LogP contribution in [0.2, 0.25) is 5.02 Å². The van der Waals surface area contributed by atoms with Crippen LogP contribution in [0.15, 0.2) is 47.4 Å². The van der Waals surface area contributed by atoms with Gasteiger partial charge in [-0.15, -0.1) is 0 Å². The largest absolute Gasteiger partial charge is 0.326 e. The first-order valence-corrected chi connectivity index (χ1v) is 9.26. The number of nitrogens with one attached hydrogen (secondary N) is 2. The normalized spacial score (nSPS) is 11.3. The fourth-order valence-corrected chi connectivity index (χ4v) is 3.52. The van der Waals surface area contributed by atoms with E-state index < -0.39 is 10.0 Å². The molecule has 0 aliphatic carbocycles. The summed E-state index contributed by atoms with van der Waals surface area (Å²) in [5.41, 5.74) is 2.80. The van der Waals surface area contributed by atoms with Crippen LogP contribution in [-0.2, 0) is 14.8 Å². The molecule has 0 unspecified atom stereocenters. The maximum Gasteiger partial charge on any atom is 0.240 e. The van der Waals surface area contributed by atoms with E-state index >= 15 is 0 Å². The average Bonchev–Trinajstić information content (AvgIpc) is 2.50. The Bertz CT molecular complexity index is 851. The number of halogens is 1. The summed E-state index contributed by atoms with van der Waals surface area (Å²) in [7, 11) is -3.68. The summed E-state index contributed by atoms with van der Waals surface area (Å²) < 4.78 is 26.6. The number of benzene rings is 2. The summed E-state index contributed by atoms with van der Waals surface area (Å²) in [5.74, 6) is -0.254. The lowest BCUT2D eigenvalue weighted by atomic mass is 10.1. The first-order chi connectivity index (χ1) is 11.3. The Kier molecular flexibility index (Phi) is 5.99. The van der Waals surface area contributed by atoms with E-state index in [1.54, 1.807) is 12.1 Å². The Labute approximate surface area is 147 Å². The third-order valence-electron chi connectivity index (χ3n) is 3.41. The van der Waals surface area contributed by atoms with Gasteiger partial charge in [0.1, 0.15) is 0 Å². The molecule has 0 heterocycles. The summed E-state index contributed by atoms with van der Waals surface area (Å²) >= 11 is 5.80. The molecule has 1 amide bonds. The Morgan fingerprint density at radius 3 is 2.54 bits per heavy atom. The van der Waals surface area contributed by atoms with Crippen LogP contribution >= 0.6 is 11.6 Å². The molecule has 2 aromatic carbocycles. The molecule has 0 fully saturated rings. The van der Waals surface area contributed by atoms with Crippen molar-refractivity contribution >= 4 is 33.2 Å². The van der Waals surface area contributed by atoms with Crippen LogP contribution in [-0.4, -0.2) is 20.9 Å². The van der Waals surface area contributed by atoms with Crippen molar-refractivity contribution in [3.05, 3.63) is 58.6 Å². The number of sulfonamides is 1. The molecule has 0 radical (unpaired) electrons. The molecule has 0 atom stereocenters. The molecule has 0 aliphatic rings. The minimum Gasteiger partial charge on any atom is -0.326 e. The minimum atomic E-state index is -3.68. The first-order valence-electron chi connectivity index (χ1n) is 7.40. The molecule has 128 valence electrons. The SMILES string of the molecule is Cc1ccc(NC(=O)CCNS(=O)(=O)c2cccc(Cl)c2)c(C)c1. The van der Waals surface area contributed by atoms with Gasteiger partial charge in [0, 0.05) is 23.7 Å². The van der Waals surface area contributed by atoms with E-state index in [1.165, 1.54) is 12.1 Å².